The number of anilines is 2. The zero-order valence-corrected chi connectivity index (χ0v) is 14.6. The number of hydrogen-bond donors (Lipinski definition) is 1. The fourth-order valence-electron chi connectivity index (χ4n) is 2.58. The SMILES string of the molecule is Cc1ccc(-c2nc3nc(C)cc(Nc4ccc(Cl)cc4)n3n2)cc1. The van der Waals surface area contributed by atoms with Gasteiger partial charge in [-0.3, -0.25) is 0 Å². The number of halogens is 1. The molecule has 0 amide bonds. The monoisotopic (exact) mass is 349 g/mol. The third-order valence-corrected chi connectivity index (χ3v) is 4.12. The third kappa shape index (κ3) is 3.19. The molecule has 0 bridgehead atoms. The predicted molar refractivity (Wildman–Crippen MR) is 100 cm³/mol. The fraction of sp³-hybridized carbons (Fsp3) is 0.105. The molecular formula is C19H16ClN5. The molecule has 2 heterocycles. The Labute approximate surface area is 150 Å². The summed E-state index contributed by atoms with van der Waals surface area (Å²) in [4.78, 5) is 9.05. The van der Waals surface area contributed by atoms with Crippen LogP contribution in [0.25, 0.3) is 17.2 Å². The van der Waals surface area contributed by atoms with E-state index in [1.165, 1.54) is 5.56 Å². The van der Waals surface area contributed by atoms with Crippen LogP contribution in [0.5, 0.6) is 0 Å². The summed E-state index contributed by atoms with van der Waals surface area (Å²) in [6.45, 7) is 3.99. The summed E-state index contributed by atoms with van der Waals surface area (Å²) in [6.07, 6.45) is 0. The molecule has 2 aromatic carbocycles. The first-order valence-corrected chi connectivity index (χ1v) is 8.30. The Balaban J connectivity index is 1.78. The van der Waals surface area contributed by atoms with Crippen LogP contribution < -0.4 is 5.32 Å². The quantitative estimate of drug-likeness (QED) is 0.577. The summed E-state index contributed by atoms with van der Waals surface area (Å²) in [5, 5.41) is 8.67. The first kappa shape index (κ1) is 15.6. The molecule has 2 aromatic heterocycles. The number of fused-ring (bicyclic) bond motifs is 1. The molecule has 0 unspecified atom stereocenters. The highest BCUT2D eigenvalue weighted by Gasteiger charge is 2.11. The highest BCUT2D eigenvalue weighted by atomic mass is 35.5. The van der Waals surface area contributed by atoms with Crippen molar-refractivity contribution in [2.45, 2.75) is 13.8 Å². The molecule has 5 nitrogen and oxygen atoms in total. The van der Waals surface area contributed by atoms with Crippen molar-refractivity contribution < 1.29 is 0 Å². The Morgan fingerprint density at radius 1 is 0.920 bits per heavy atom. The van der Waals surface area contributed by atoms with Gasteiger partial charge in [0.15, 0.2) is 5.82 Å². The maximum atomic E-state index is 5.95. The number of benzene rings is 2. The lowest BCUT2D eigenvalue weighted by Gasteiger charge is -2.08. The van der Waals surface area contributed by atoms with Gasteiger partial charge in [-0.15, -0.1) is 5.10 Å². The van der Waals surface area contributed by atoms with Gasteiger partial charge in [0, 0.05) is 28.0 Å². The fourth-order valence-corrected chi connectivity index (χ4v) is 2.71. The van der Waals surface area contributed by atoms with Gasteiger partial charge in [-0.2, -0.15) is 9.50 Å². The van der Waals surface area contributed by atoms with E-state index in [1.807, 2.05) is 61.5 Å². The van der Waals surface area contributed by atoms with Gasteiger partial charge < -0.3 is 5.32 Å². The van der Waals surface area contributed by atoms with E-state index in [2.05, 4.69) is 27.3 Å². The topological polar surface area (TPSA) is 55.1 Å². The Hall–Kier alpha value is -2.92. The van der Waals surface area contributed by atoms with Gasteiger partial charge >= 0.3 is 0 Å². The second kappa shape index (κ2) is 6.18. The van der Waals surface area contributed by atoms with E-state index >= 15 is 0 Å². The minimum atomic E-state index is 0.562. The van der Waals surface area contributed by atoms with Crippen molar-refractivity contribution in [3.8, 4) is 11.4 Å². The van der Waals surface area contributed by atoms with Crippen molar-refractivity contribution in [3.05, 3.63) is 70.9 Å². The van der Waals surface area contributed by atoms with Gasteiger partial charge in [0.1, 0.15) is 5.82 Å². The van der Waals surface area contributed by atoms with Crippen molar-refractivity contribution in [1.82, 2.24) is 19.6 Å². The molecule has 124 valence electrons. The molecule has 4 rings (SSSR count). The average Bonchev–Trinajstić information content (AvgIpc) is 3.01. The molecule has 0 atom stereocenters. The Morgan fingerprint density at radius 3 is 2.36 bits per heavy atom. The standard InChI is InChI=1S/C19H16ClN5/c1-12-3-5-14(6-4-12)18-23-19-21-13(2)11-17(25(19)24-18)22-16-9-7-15(20)8-10-16/h3-11,22H,1-2H3. The molecule has 0 spiro atoms. The molecular weight excluding hydrogens is 334 g/mol. The molecule has 0 radical (unpaired) electrons. The Bertz CT molecular complexity index is 1040. The number of nitrogens with one attached hydrogen (secondary N) is 1. The van der Waals surface area contributed by atoms with Crippen LogP contribution >= 0.6 is 11.6 Å². The minimum Gasteiger partial charge on any atom is -0.340 e. The van der Waals surface area contributed by atoms with Crippen LogP contribution in [0, 0.1) is 13.8 Å². The highest BCUT2D eigenvalue weighted by molar-refractivity contribution is 6.30. The zero-order valence-electron chi connectivity index (χ0n) is 13.9. The number of nitrogens with zero attached hydrogens (tertiary/aromatic N) is 4. The van der Waals surface area contributed by atoms with Crippen molar-refractivity contribution in [3.63, 3.8) is 0 Å². The van der Waals surface area contributed by atoms with E-state index < -0.39 is 0 Å². The molecule has 0 aliphatic carbocycles. The normalized spacial score (nSPS) is 11.0. The summed E-state index contributed by atoms with van der Waals surface area (Å²) in [5.74, 6) is 2.01. The van der Waals surface area contributed by atoms with Crippen molar-refractivity contribution in [2.75, 3.05) is 5.32 Å². The summed E-state index contributed by atoms with van der Waals surface area (Å²) >= 11 is 5.95. The van der Waals surface area contributed by atoms with Gasteiger partial charge in [-0.25, -0.2) is 4.98 Å². The number of rotatable bonds is 3. The third-order valence-electron chi connectivity index (χ3n) is 3.87. The Morgan fingerprint density at radius 2 is 1.64 bits per heavy atom. The number of aryl methyl sites for hydroxylation is 2. The lowest BCUT2D eigenvalue weighted by atomic mass is 10.1. The minimum absolute atomic E-state index is 0.562. The van der Waals surface area contributed by atoms with Crippen molar-refractivity contribution in [2.24, 2.45) is 0 Å². The molecule has 0 saturated heterocycles. The predicted octanol–water partition coefficient (Wildman–Crippen LogP) is 4.81. The second-order valence-electron chi connectivity index (χ2n) is 5.93. The van der Waals surface area contributed by atoms with Crippen LogP contribution in [0.4, 0.5) is 11.5 Å². The van der Waals surface area contributed by atoms with E-state index in [0.717, 1.165) is 22.8 Å². The maximum absolute atomic E-state index is 5.95. The van der Waals surface area contributed by atoms with Crippen LogP contribution in [0.2, 0.25) is 5.02 Å². The van der Waals surface area contributed by atoms with Crippen molar-refractivity contribution in [1.29, 1.82) is 0 Å². The Kier molecular flexibility index (Phi) is 3.86. The van der Waals surface area contributed by atoms with Crippen LogP contribution in [0.1, 0.15) is 11.3 Å². The van der Waals surface area contributed by atoms with Crippen LogP contribution in [-0.2, 0) is 0 Å². The summed E-state index contributed by atoms with van der Waals surface area (Å²) < 4.78 is 1.72. The molecule has 0 saturated carbocycles. The first-order chi connectivity index (χ1) is 12.1. The van der Waals surface area contributed by atoms with E-state index in [1.54, 1.807) is 4.52 Å². The highest BCUT2D eigenvalue weighted by Crippen LogP contribution is 2.22. The molecule has 0 aliphatic rings. The van der Waals surface area contributed by atoms with Gasteiger partial charge in [-0.1, -0.05) is 41.4 Å². The maximum Gasteiger partial charge on any atom is 0.254 e. The lowest BCUT2D eigenvalue weighted by Crippen LogP contribution is -2.02. The van der Waals surface area contributed by atoms with Crippen LogP contribution in [0.15, 0.2) is 54.6 Å². The summed E-state index contributed by atoms with van der Waals surface area (Å²) in [7, 11) is 0. The molecule has 6 heteroatoms. The summed E-state index contributed by atoms with van der Waals surface area (Å²) in [6, 6.07) is 17.6. The first-order valence-electron chi connectivity index (χ1n) is 7.92. The molecule has 4 aromatic rings. The molecule has 0 aliphatic heterocycles. The number of hydrogen-bond acceptors (Lipinski definition) is 4. The van der Waals surface area contributed by atoms with Crippen LogP contribution in [-0.4, -0.2) is 19.6 Å². The van der Waals surface area contributed by atoms with Gasteiger partial charge in [0.2, 0.25) is 0 Å². The molecule has 25 heavy (non-hydrogen) atoms. The zero-order chi connectivity index (χ0) is 17.4. The van der Waals surface area contributed by atoms with Gasteiger partial charge in [0.05, 0.1) is 0 Å². The van der Waals surface area contributed by atoms with Gasteiger partial charge in [0.25, 0.3) is 5.78 Å². The van der Waals surface area contributed by atoms with E-state index in [-0.39, 0.29) is 0 Å². The average molecular weight is 350 g/mol. The smallest absolute Gasteiger partial charge is 0.254 e. The van der Waals surface area contributed by atoms with E-state index in [4.69, 9.17) is 11.6 Å². The van der Waals surface area contributed by atoms with E-state index in [0.29, 0.717) is 16.6 Å². The molecule has 1 N–H and O–H groups in total. The lowest BCUT2D eigenvalue weighted by molar-refractivity contribution is 0.940. The summed E-state index contributed by atoms with van der Waals surface area (Å²) in [5.41, 5.74) is 3.95. The van der Waals surface area contributed by atoms with E-state index in [9.17, 15) is 0 Å². The molecule has 0 fully saturated rings. The van der Waals surface area contributed by atoms with Crippen LogP contribution in [0.3, 0.4) is 0 Å². The van der Waals surface area contributed by atoms with Crippen molar-refractivity contribution >= 4 is 28.9 Å². The van der Waals surface area contributed by atoms with Gasteiger partial charge in [-0.05, 0) is 38.1 Å². The number of aromatic nitrogens is 4. The largest absolute Gasteiger partial charge is 0.340 e. The second-order valence-corrected chi connectivity index (χ2v) is 6.36.